The molecule has 0 aromatic carbocycles. The highest BCUT2D eigenvalue weighted by Crippen LogP contribution is 2.21. The third-order valence-electron chi connectivity index (χ3n) is 2.66. The van der Waals surface area contributed by atoms with Gasteiger partial charge in [-0.3, -0.25) is 5.01 Å². The van der Waals surface area contributed by atoms with Gasteiger partial charge in [-0.1, -0.05) is 0 Å². The number of rotatable bonds is 3. The van der Waals surface area contributed by atoms with Crippen LogP contribution < -0.4 is 16.5 Å². The Bertz CT molecular complexity index is 463. The van der Waals surface area contributed by atoms with Gasteiger partial charge in [0.2, 0.25) is 0 Å². The van der Waals surface area contributed by atoms with Crippen molar-refractivity contribution < 1.29 is 0 Å². The van der Waals surface area contributed by atoms with E-state index in [0.29, 0.717) is 5.82 Å². The Balaban J connectivity index is 2.61. The standard InChI is InChI=1S/C10H17N5/c1-3-13(4-2)14-6-5-9-8(11)7-10(12)15(9)14/h5-7H,3-4,11-12H2,1-2H3. The average molecular weight is 207 g/mol. The van der Waals surface area contributed by atoms with Gasteiger partial charge >= 0.3 is 0 Å². The van der Waals surface area contributed by atoms with Crippen molar-refractivity contribution in [2.45, 2.75) is 13.8 Å². The van der Waals surface area contributed by atoms with Crippen LogP contribution in [0.4, 0.5) is 11.5 Å². The number of anilines is 2. The van der Waals surface area contributed by atoms with Crippen molar-refractivity contribution in [1.82, 2.24) is 9.31 Å². The molecule has 0 amide bonds. The maximum atomic E-state index is 5.90. The molecule has 4 N–H and O–H groups in total. The predicted molar refractivity (Wildman–Crippen MR) is 63.5 cm³/mol. The first-order chi connectivity index (χ1) is 7.19. The molecule has 0 aliphatic heterocycles. The molecule has 2 aromatic heterocycles. The number of nitrogens with two attached hydrogens (primary N) is 2. The molecule has 2 rings (SSSR count). The summed E-state index contributed by atoms with van der Waals surface area (Å²) in [5, 5.41) is 2.17. The molecular weight excluding hydrogens is 190 g/mol. The summed E-state index contributed by atoms with van der Waals surface area (Å²) in [7, 11) is 0. The quantitative estimate of drug-likeness (QED) is 0.785. The van der Waals surface area contributed by atoms with E-state index < -0.39 is 0 Å². The summed E-state index contributed by atoms with van der Waals surface area (Å²) in [6.07, 6.45) is 1.98. The molecule has 2 aromatic rings. The summed E-state index contributed by atoms with van der Waals surface area (Å²) in [5.41, 5.74) is 13.4. The van der Waals surface area contributed by atoms with Crippen molar-refractivity contribution in [2.24, 2.45) is 0 Å². The van der Waals surface area contributed by atoms with Gasteiger partial charge in [0.05, 0.1) is 11.2 Å². The molecule has 0 bridgehead atoms. The van der Waals surface area contributed by atoms with Crippen LogP contribution in [0.15, 0.2) is 18.3 Å². The highest BCUT2D eigenvalue weighted by atomic mass is 15.7. The molecule has 0 spiro atoms. The number of nitrogen functional groups attached to an aromatic ring is 2. The van der Waals surface area contributed by atoms with Crippen molar-refractivity contribution in [2.75, 3.05) is 29.6 Å². The van der Waals surface area contributed by atoms with E-state index >= 15 is 0 Å². The van der Waals surface area contributed by atoms with Gasteiger partial charge in [-0.2, -0.15) is 4.79 Å². The molecule has 15 heavy (non-hydrogen) atoms. The molecule has 5 heteroatoms. The number of nitrogens with zero attached hydrogens (tertiary/aromatic N) is 3. The highest BCUT2D eigenvalue weighted by Gasteiger charge is 2.10. The van der Waals surface area contributed by atoms with E-state index in [0.717, 1.165) is 24.3 Å². The maximum Gasteiger partial charge on any atom is 0.127 e. The minimum Gasteiger partial charge on any atom is -0.397 e. The Morgan fingerprint density at radius 1 is 1.27 bits per heavy atom. The lowest BCUT2D eigenvalue weighted by atomic mass is 10.4. The molecule has 5 nitrogen and oxygen atoms in total. The zero-order chi connectivity index (χ0) is 11.0. The van der Waals surface area contributed by atoms with Crippen molar-refractivity contribution in [3.8, 4) is 0 Å². The van der Waals surface area contributed by atoms with Gasteiger partial charge in [-0.15, -0.1) is 0 Å². The van der Waals surface area contributed by atoms with Gasteiger partial charge in [0.15, 0.2) is 0 Å². The van der Waals surface area contributed by atoms with Crippen molar-refractivity contribution >= 4 is 17.0 Å². The Morgan fingerprint density at radius 3 is 2.53 bits per heavy atom. The van der Waals surface area contributed by atoms with E-state index in [4.69, 9.17) is 11.5 Å². The lowest BCUT2D eigenvalue weighted by molar-refractivity contribution is 0.535. The second-order valence-corrected chi connectivity index (χ2v) is 3.50. The molecule has 0 fully saturated rings. The molecule has 2 heterocycles. The normalized spacial score (nSPS) is 11.1. The van der Waals surface area contributed by atoms with Crippen molar-refractivity contribution in [3.05, 3.63) is 18.3 Å². The summed E-state index contributed by atoms with van der Waals surface area (Å²) < 4.78 is 1.92. The van der Waals surface area contributed by atoms with E-state index in [1.54, 1.807) is 6.07 Å². The van der Waals surface area contributed by atoms with Crippen molar-refractivity contribution in [1.29, 1.82) is 0 Å². The van der Waals surface area contributed by atoms with E-state index in [1.165, 1.54) is 0 Å². The van der Waals surface area contributed by atoms with Crippen LogP contribution in [0.5, 0.6) is 0 Å². The maximum absolute atomic E-state index is 5.90. The zero-order valence-corrected chi connectivity index (χ0v) is 9.14. The Morgan fingerprint density at radius 2 is 1.93 bits per heavy atom. The average Bonchev–Trinajstić information content (AvgIpc) is 2.74. The van der Waals surface area contributed by atoms with Gasteiger partial charge < -0.3 is 11.5 Å². The van der Waals surface area contributed by atoms with Crippen LogP contribution in [0.1, 0.15) is 13.8 Å². The summed E-state index contributed by atoms with van der Waals surface area (Å²) in [6, 6.07) is 3.76. The molecular formula is C10H17N5. The second-order valence-electron chi connectivity index (χ2n) is 3.50. The molecule has 0 aliphatic carbocycles. The Hall–Kier alpha value is -1.78. The fourth-order valence-electron chi connectivity index (χ4n) is 1.89. The largest absolute Gasteiger partial charge is 0.397 e. The van der Waals surface area contributed by atoms with Crippen LogP contribution >= 0.6 is 0 Å². The Kier molecular flexibility index (Phi) is 2.22. The van der Waals surface area contributed by atoms with Crippen LogP contribution in [0.2, 0.25) is 0 Å². The molecule has 82 valence electrons. The molecule has 0 saturated carbocycles. The summed E-state index contributed by atoms with van der Waals surface area (Å²) in [5.74, 6) is 0.666. The lowest BCUT2D eigenvalue weighted by Gasteiger charge is -2.23. The van der Waals surface area contributed by atoms with Crippen LogP contribution in [0, 0.1) is 0 Å². The monoisotopic (exact) mass is 207 g/mol. The van der Waals surface area contributed by atoms with Gasteiger partial charge in [0.25, 0.3) is 0 Å². The highest BCUT2D eigenvalue weighted by molar-refractivity contribution is 5.75. The predicted octanol–water partition coefficient (Wildman–Crippen LogP) is 0.883. The summed E-state index contributed by atoms with van der Waals surface area (Å²) in [6.45, 7) is 6.08. The molecule has 0 atom stereocenters. The third-order valence-corrected chi connectivity index (χ3v) is 2.66. The lowest BCUT2D eigenvalue weighted by Crippen LogP contribution is -2.36. The number of fused-ring (bicyclic) bond motifs is 1. The van der Waals surface area contributed by atoms with Crippen LogP contribution in [-0.4, -0.2) is 22.4 Å². The molecule has 0 saturated heterocycles. The fraction of sp³-hybridized carbons (Fsp3) is 0.400. The van der Waals surface area contributed by atoms with Crippen LogP contribution in [-0.2, 0) is 0 Å². The molecule has 0 aliphatic rings. The minimum atomic E-state index is 0.666. The number of aromatic nitrogens is 2. The SMILES string of the molecule is CCN(CC)n1ccc2c(N)cc(N)n21. The van der Waals surface area contributed by atoms with Gasteiger partial charge in [0, 0.05) is 25.4 Å². The topological polar surface area (TPSA) is 64.6 Å². The van der Waals surface area contributed by atoms with E-state index in [1.807, 2.05) is 21.6 Å². The Labute approximate surface area is 88.8 Å². The van der Waals surface area contributed by atoms with Gasteiger partial charge in [-0.05, 0) is 19.9 Å². The first kappa shape index (κ1) is 9.76. The van der Waals surface area contributed by atoms with Crippen molar-refractivity contribution in [3.63, 3.8) is 0 Å². The number of hydrogen-bond acceptors (Lipinski definition) is 3. The first-order valence-electron chi connectivity index (χ1n) is 5.18. The smallest absolute Gasteiger partial charge is 0.127 e. The number of hydrogen-bond donors (Lipinski definition) is 2. The van der Waals surface area contributed by atoms with Gasteiger partial charge in [-0.25, -0.2) is 4.52 Å². The zero-order valence-electron chi connectivity index (χ0n) is 9.14. The molecule has 0 unspecified atom stereocenters. The summed E-state index contributed by atoms with van der Waals surface area (Å²) >= 11 is 0. The second kappa shape index (κ2) is 3.42. The third kappa shape index (κ3) is 1.31. The first-order valence-corrected chi connectivity index (χ1v) is 5.18. The van der Waals surface area contributed by atoms with Gasteiger partial charge in [0.1, 0.15) is 5.82 Å². The fourth-order valence-corrected chi connectivity index (χ4v) is 1.89. The summed E-state index contributed by atoms with van der Waals surface area (Å²) in [4.78, 5) is 2.00. The molecule has 0 radical (unpaired) electrons. The van der Waals surface area contributed by atoms with Crippen LogP contribution in [0.3, 0.4) is 0 Å². The van der Waals surface area contributed by atoms with E-state index in [9.17, 15) is 0 Å². The minimum absolute atomic E-state index is 0.666. The van der Waals surface area contributed by atoms with E-state index in [2.05, 4.69) is 18.9 Å². The van der Waals surface area contributed by atoms with E-state index in [-0.39, 0.29) is 0 Å². The van der Waals surface area contributed by atoms with Crippen LogP contribution in [0.25, 0.3) is 5.52 Å².